The van der Waals surface area contributed by atoms with Gasteiger partial charge in [-0.05, 0) is 59.2 Å². The monoisotopic (exact) mass is 328 g/mol. The molecule has 2 aliphatic rings. The second-order valence-electron chi connectivity index (χ2n) is 6.32. The van der Waals surface area contributed by atoms with Crippen molar-refractivity contribution in [3.8, 4) is 0 Å². The van der Waals surface area contributed by atoms with E-state index in [1.807, 2.05) is 18.2 Å². The summed E-state index contributed by atoms with van der Waals surface area (Å²) >= 11 is 0. The first kappa shape index (κ1) is 14.9. The van der Waals surface area contributed by atoms with Crippen molar-refractivity contribution in [1.29, 1.82) is 0 Å². The van der Waals surface area contributed by atoms with Crippen LogP contribution in [-0.4, -0.2) is 8.42 Å². The van der Waals surface area contributed by atoms with Crippen LogP contribution < -0.4 is 10.0 Å². The van der Waals surface area contributed by atoms with Crippen LogP contribution in [-0.2, 0) is 42.5 Å². The van der Waals surface area contributed by atoms with Gasteiger partial charge >= 0.3 is 0 Å². The minimum absolute atomic E-state index is 0.326. The predicted molar refractivity (Wildman–Crippen MR) is 89.5 cm³/mol. The largest absolute Gasteiger partial charge is 0.309 e. The molecule has 2 aromatic carbocycles. The minimum Gasteiger partial charge on any atom is -0.309 e. The molecule has 0 fully saturated rings. The zero-order valence-electron chi connectivity index (χ0n) is 12.9. The van der Waals surface area contributed by atoms with Gasteiger partial charge in [0.1, 0.15) is 0 Å². The smallest absolute Gasteiger partial charge is 0.240 e. The number of hydrogen-bond donors (Lipinski definition) is 2. The highest BCUT2D eigenvalue weighted by Crippen LogP contribution is 2.25. The van der Waals surface area contributed by atoms with Crippen molar-refractivity contribution in [2.45, 2.75) is 43.8 Å². The summed E-state index contributed by atoms with van der Waals surface area (Å²) in [4.78, 5) is 0.376. The summed E-state index contributed by atoms with van der Waals surface area (Å²) in [5.41, 5.74) is 6.03. The van der Waals surface area contributed by atoms with Crippen molar-refractivity contribution in [3.05, 3.63) is 64.2 Å². The molecule has 120 valence electrons. The van der Waals surface area contributed by atoms with Gasteiger partial charge in [0.2, 0.25) is 10.0 Å². The highest BCUT2D eigenvalue weighted by atomic mass is 32.2. The number of sulfonamides is 1. The Bertz CT molecular complexity index is 859. The van der Waals surface area contributed by atoms with Crippen LogP contribution in [0.2, 0.25) is 0 Å². The fourth-order valence-corrected chi connectivity index (χ4v) is 4.50. The summed E-state index contributed by atoms with van der Waals surface area (Å²) in [6.07, 6.45) is 3.16. The maximum Gasteiger partial charge on any atom is 0.240 e. The van der Waals surface area contributed by atoms with E-state index in [0.717, 1.165) is 37.9 Å². The molecular formula is C18H20N2O2S. The van der Waals surface area contributed by atoms with Crippen LogP contribution in [0.4, 0.5) is 0 Å². The lowest BCUT2D eigenvalue weighted by molar-refractivity contribution is 0.581. The molecule has 0 unspecified atom stereocenters. The van der Waals surface area contributed by atoms with Crippen molar-refractivity contribution in [1.82, 2.24) is 10.0 Å². The Morgan fingerprint density at radius 3 is 2.61 bits per heavy atom. The normalized spacial score (nSPS) is 16.3. The summed E-state index contributed by atoms with van der Waals surface area (Å²) in [6.45, 7) is 2.09. The Hall–Kier alpha value is -1.69. The lowest BCUT2D eigenvalue weighted by atomic mass is 10.1. The molecule has 0 atom stereocenters. The van der Waals surface area contributed by atoms with Gasteiger partial charge in [0, 0.05) is 19.6 Å². The van der Waals surface area contributed by atoms with E-state index in [9.17, 15) is 8.42 Å². The van der Waals surface area contributed by atoms with Crippen molar-refractivity contribution >= 4 is 10.0 Å². The maximum absolute atomic E-state index is 12.5. The van der Waals surface area contributed by atoms with E-state index in [2.05, 4.69) is 22.2 Å². The molecule has 23 heavy (non-hydrogen) atoms. The summed E-state index contributed by atoms with van der Waals surface area (Å²) in [5, 5.41) is 3.30. The SMILES string of the molecule is O=S(=O)(NCc1ccc2c(c1)CNC2)c1ccc2c(c1)CCC2. The number of fused-ring (bicyclic) bond motifs is 2. The molecule has 0 bridgehead atoms. The molecule has 0 saturated heterocycles. The van der Waals surface area contributed by atoms with Gasteiger partial charge in [0.25, 0.3) is 0 Å². The molecule has 2 N–H and O–H groups in total. The maximum atomic E-state index is 12.5. The van der Waals surface area contributed by atoms with Gasteiger partial charge in [-0.25, -0.2) is 13.1 Å². The van der Waals surface area contributed by atoms with E-state index in [0.29, 0.717) is 11.4 Å². The second-order valence-corrected chi connectivity index (χ2v) is 8.08. The standard InChI is InChI=1S/C18H20N2O2S/c21-23(22,18-7-6-14-2-1-3-15(14)9-18)20-10-13-4-5-16-11-19-12-17(16)8-13/h4-9,19-20H,1-3,10-12H2. The van der Waals surface area contributed by atoms with Gasteiger partial charge in [-0.3, -0.25) is 0 Å². The van der Waals surface area contributed by atoms with Crippen LogP contribution in [0.25, 0.3) is 0 Å². The van der Waals surface area contributed by atoms with Crippen LogP contribution in [0.5, 0.6) is 0 Å². The number of rotatable bonds is 4. The quantitative estimate of drug-likeness (QED) is 0.905. The highest BCUT2D eigenvalue weighted by molar-refractivity contribution is 7.89. The molecular weight excluding hydrogens is 308 g/mol. The number of nitrogens with one attached hydrogen (secondary N) is 2. The molecule has 4 rings (SSSR count). The molecule has 4 nitrogen and oxygen atoms in total. The molecule has 5 heteroatoms. The van der Waals surface area contributed by atoms with Crippen molar-refractivity contribution in [2.75, 3.05) is 0 Å². The lowest BCUT2D eigenvalue weighted by Crippen LogP contribution is -2.23. The minimum atomic E-state index is -3.46. The average molecular weight is 328 g/mol. The molecule has 1 aliphatic heterocycles. The molecule has 0 amide bonds. The third-order valence-electron chi connectivity index (χ3n) is 4.75. The van der Waals surface area contributed by atoms with Crippen LogP contribution in [0.1, 0.15) is 34.2 Å². The highest BCUT2D eigenvalue weighted by Gasteiger charge is 2.18. The van der Waals surface area contributed by atoms with Crippen molar-refractivity contribution in [2.24, 2.45) is 0 Å². The van der Waals surface area contributed by atoms with Crippen LogP contribution in [0.15, 0.2) is 41.3 Å². The number of aryl methyl sites for hydroxylation is 2. The lowest BCUT2D eigenvalue weighted by Gasteiger charge is -2.09. The second kappa shape index (κ2) is 5.74. The van der Waals surface area contributed by atoms with Crippen LogP contribution in [0, 0.1) is 0 Å². The summed E-state index contributed by atoms with van der Waals surface area (Å²) in [7, 11) is -3.46. The van der Waals surface area contributed by atoms with Gasteiger partial charge in [-0.1, -0.05) is 24.3 Å². The van der Waals surface area contributed by atoms with E-state index < -0.39 is 10.0 Å². The molecule has 0 aromatic heterocycles. The van der Waals surface area contributed by atoms with Crippen LogP contribution in [0.3, 0.4) is 0 Å². The van der Waals surface area contributed by atoms with Crippen LogP contribution >= 0.6 is 0 Å². The van der Waals surface area contributed by atoms with E-state index in [1.54, 1.807) is 6.07 Å². The van der Waals surface area contributed by atoms with Gasteiger partial charge < -0.3 is 5.32 Å². The zero-order chi connectivity index (χ0) is 15.9. The third kappa shape index (κ3) is 2.92. The third-order valence-corrected chi connectivity index (χ3v) is 6.15. The predicted octanol–water partition coefficient (Wildman–Crippen LogP) is 2.26. The van der Waals surface area contributed by atoms with Gasteiger partial charge in [-0.15, -0.1) is 0 Å². The van der Waals surface area contributed by atoms with E-state index >= 15 is 0 Å². The number of hydrogen-bond acceptors (Lipinski definition) is 3. The Morgan fingerprint density at radius 1 is 0.913 bits per heavy atom. The van der Waals surface area contributed by atoms with E-state index in [-0.39, 0.29) is 0 Å². The first-order valence-electron chi connectivity index (χ1n) is 8.05. The Balaban J connectivity index is 1.51. The van der Waals surface area contributed by atoms with Gasteiger partial charge in [0.05, 0.1) is 4.90 Å². The van der Waals surface area contributed by atoms with E-state index in [4.69, 9.17) is 0 Å². The molecule has 0 radical (unpaired) electrons. The Kier molecular flexibility index (Phi) is 3.71. The van der Waals surface area contributed by atoms with Gasteiger partial charge in [-0.2, -0.15) is 0 Å². The number of benzene rings is 2. The summed E-state index contributed by atoms with van der Waals surface area (Å²) in [6, 6.07) is 11.7. The van der Waals surface area contributed by atoms with E-state index in [1.165, 1.54) is 22.3 Å². The summed E-state index contributed by atoms with van der Waals surface area (Å²) in [5.74, 6) is 0. The topological polar surface area (TPSA) is 58.2 Å². The first-order valence-corrected chi connectivity index (χ1v) is 9.53. The Morgan fingerprint density at radius 2 is 1.70 bits per heavy atom. The molecule has 2 aromatic rings. The van der Waals surface area contributed by atoms with Crippen molar-refractivity contribution in [3.63, 3.8) is 0 Å². The Labute approximate surface area is 137 Å². The fourth-order valence-electron chi connectivity index (χ4n) is 3.44. The van der Waals surface area contributed by atoms with Crippen molar-refractivity contribution < 1.29 is 8.42 Å². The molecule has 1 heterocycles. The molecule has 0 spiro atoms. The van der Waals surface area contributed by atoms with Gasteiger partial charge in [0.15, 0.2) is 0 Å². The molecule has 1 aliphatic carbocycles. The average Bonchev–Trinajstić information content (AvgIpc) is 3.20. The molecule has 0 saturated carbocycles. The first-order chi connectivity index (χ1) is 11.1. The fraction of sp³-hybridized carbons (Fsp3) is 0.333. The summed E-state index contributed by atoms with van der Waals surface area (Å²) < 4.78 is 27.8. The zero-order valence-corrected chi connectivity index (χ0v) is 13.7.